The highest BCUT2D eigenvalue weighted by Gasteiger charge is 2.17. The second-order valence-corrected chi connectivity index (χ2v) is 6.96. The Kier molecular flexibility index (Phi) is 4.92. The summed E-state index contributed by atoms with van der Waals surface area (Å²) in [5.41, 5.74) is 1.21. The summed E-state index contributed by atoms with van der Waals surface area (Å²) in [5, 5.41) is 0. The smallest absolute Gasteiger partial charge is 0.258 e. The van der Waals surface area contributed by atoms with Crippen molar-refractivity contribution in [3.8, 4) is 0 Å². The van der Waals surface area contributed by atoms with Crippen LogP contribution in [0.4, 0.5) is 5.69 Å². The molecule has 2 aromatic rings. The lowest BCUT2D eigenvalue weighted by Crippen LogP contribution is -2.30. The number of benzene rings is 1. The molecule has 5 nitrogen and oxygen atoms in total. The zero-order valence-corrected chi connectivity index (χ0v) is 13.4. The number of hydrogen-bond donors (Lipinski definition) is 0. The molecule has 0 atom stereocenters. The minimum absolute atomic E-state index is 0.0401. The third kappa shape index (κ3) is 3.33. The Bertz CT molecular complexity index is 741. The van der Waals surface area contributed by atoms with Crippen molar-refractivity contribution in [2.45, 2.75) is 18.7 Å². The molecule has 1 amide bonds. The van der Waals surface area contributed by atoms with E-state index in [2.05, 4.69) is 4.98 Å². The maximum atomic E-state index is 12.6. The highest BCUT2D eigenvalue weighted by Crippen LogP contribution is 2.18. The second kappa shape index (κ2) is 6.70. The van der Waals surface area contributed by atoms with Crippen LogP contribution in [0, 0.1) is 0 Å². The van der Waals surface area contributed by atoms with Crippen LogP contribution in [0.3, 0.4) is 0 Å². The number of hydrogen-bond acceptors (Lipinski definition) is 4. The minimum Gasteiger partial charge on any atom is -0.309 e. The summed E-state index contributed by atoms with van der Waals surface area (Å²) in [7, 11) is -3.25. The fraction of sp³-hybridized carbons (Fsp3) is 0.250. The third-order valence-corrected chi connectivity index (χ3v) is 5.13. The predicted molar refractivity (Wildman–Crippen MR) is 85.8 cm³/mol. The number of nitrogens with zero attached hydrogens (tertiary/aromatic N) is 2. The van der Waals surface area contributed by atoms with Crippen molar-refractivity contribution in [2.75, 3.05) is 17.2 Å². The van der Waals surface area contributed by atoms with Crippen LogP contribution in [0.15, 0.2) is 53.7 Å². The minimum atomic E-state index is -3.25. The molecule has 22 heavy (non-hydrogen) atoms. The van der Waals surface area contributed by atoms with Crippen molar-refractivity contribution in [2.24, 2.45) is 0 Å². The molecule has 0 aliphatic heterocycles. The van der Waals surface area contributed by atoms with Crippen molar-refractivity contribution in [1.82, 2.24) is 4.98 Å². The molecule has 0 radical (unpaired) electrons. The molecule has 0 saturated heterocycles. The average molecular weight is 318 g/mol. The van der Waals surface area contributed by atoms with E-state index in [-0.39, 0.29) is 16.6 Å². The molecule has 0 aliphatic carbocycles. The number of carbonyl (C=O) groups is 1. The van der Waals surface area contributed by atoms with Crippen LogP contribution >= 0.6 is 0 Å². The first-order chi connectivity index (χ1) is 10.5. The molecule has 1 heterocycles. The molecule has 2 rings (SSSR count). The first kappa shape index (κ1) is 16.2. The SMILES string of the molecule is CCN(C(=O)c1ccc(S(=O)(=O)CC)cc1)c1ccncc1. The fourth-order valence-electron chi connectivity index (χ4n) is 2.09. The van der Waals surface area contributed by atoms with E-state index in [1.807, 2.05) is 6.92 Å². The summed E-state index contributed by atoms with van der Waals surface area (Å²) in [5.74, 6) is -0.132. The Morgan fingerprint density at radius 1 is 1.05 bits per heavy atom. The van der Waals surface area contributed by atoms with Crippen LogP contribution in [0.1, 0.15) is 24.2 Å². The largest absolute Gasteiger partial charge is 0.309 e. The van der Waals surface area contributed by atoms with E-state index < -0.39 is 9.84 Å². The Balaban J connectivity index is 2.29. The van der Waals surface area contributed by atoms with Gasteiger partial charge in [0.05, 0.1) is 10.6 Å². The molecule has 0 saturated carbocycles. The highest BCUT2D eigenvalue weighted by molar-refractivity contribution is 7.91. The standard InChI is InChI=1S/C16H18N2O3S/c1-3-18(14-9-11-17-12-10-14)16(19)13-5-7-15(8-6-13)22(20,21)4-2/h5-12H,3-4H2,1-2H3. The van der Waals surface area contributed by atoms with Gasteiger partial charge in [0, 0.05) is 30.2 Å². The average Bonchev–Trinajstić information content (AvgIpc) is 2.56. The normalized spacial score (nSPS) is 11.2. The van der Waals surface area contributed by atoms with E-state index in [1.54, 1.807) is 48.5 Å². The number of anilines is 1. The number of carbonyl (C=O) groups excluding carboxylic acids is 1. The Morgan fingerprint density at radius 3 is 2.14 bits per heavy atom. The maximum absolute atomic E-state index is 12.6. The van der Waals surface area contributed by atoms with Gasteiger partial charge in [-0.2, -0.15) is 0 Å². The molecular formula is C16H18N2O3S. The van der Waals surface area contributed by atoms with Crippen molar-refractivity contribution in [1.29, 1.82) is 0 Å². The zero-order chi connectivity index (χ0) is 16.2. The first-order valence-corrected chi connectivity index (χ1v) is 8.69. The predicted octanol–water partition coefficient (Wildman–Crippen LogP) is 2.54. The molecule has 1 aromatic heterocycles. The van der Waals surface area contributed by atoms with Crippen molar-refractivity contribution < 1.29 is 13.2 Å². The Hall–Kier alpha value is -2.21. The number of pyridine rings is 1. The van der Waals surface area contributed by atoms with Gasteiger partial charge < -0.3 is 4.90 Å². The number of rotatable bonds is 5. The summed E-state index contributed by atoms with van der Waals surface area (Å²) in [6.07, 6.45) is 3.25. The zero-order valence-electron chi connectivity index (χ0n) is 12.6. The molecule has 0 fully saturated rings. The third-order valence-electron chi connectivity index (χ3n) is 3.38. The van der Waals surface area contributed by atoms with E-state index in [0.29, 0.717) is 12.1 Å². The highest BCUT2D eigenvalue weighted by atomic mass is 32.2. The molecule has 0 N–H and O–H groups in total. The monoisotopic (exact) mass is 318 g/mol. The van der Waals surface area contributed by atoms with E-state index in [9.17, 15) is 13.2 Å². The number of sulfone groups is 1. The van der Waals surface area contributed by atoms with Gasteiger partial charge in [-0.05, 0) is 43.3 Å². The van der Waals surface area contributed by atoms with Crippen LogP contribution in [-0.2, 0) is 9.84 Å². The molecule has 0 aliphatic rings. The van der Waals surface area contributed by atoms with Crippen LogP contribution in [0.25, 0.3) is 0 Å². The van der Waals surface area contributed by atoms with Crippen molar-refractivity contribution in [3.05, 3.63) is 54.4 Å². The van der Waals surface area contributed by atoms with Gasteiger partial charge in [-0.1, -0.05) is 6.92 Å². The fourth-order valence-corrected chi connectivity index (χ4v) is 2.98. The topological polar surface area (TPSA) is 67.3 Å². The van der Waals surface area contributed by atoms with Crippen molar-refractivity contribution >= 4 is 21.4 Å². The quantitative estimate of drug-likeness (QED) is 0.849. The number of aromatic nitrogens is 1. The van der Waals surface area contributed by atoms with Gasteiger partial charge in [-0.15, -0.1) is 0 Å². The lowest BCUT2D eigenvalue weighted by atomic mass is 10.2. The second-order valence-electron chi connectivity index (χ2n) is 4.68. The van der Waals surface area contributed by atoms with Gasteiger partial charge in [0.2, 0.25) is 0 Å². The molecule has 0 unspecified atom stereocenters. The molecule has 0 spiro atoms. The van der Waals surface area contributed by atoms with Gasteiger partial charge in [0.25, 0.3) is 5.91 Å². The van der Waals surface area contributed by atoms with Gasteiger partial charge in [0.15, 0.2) is 9.84 Å². The molecule has 6 heteroatoms. The van der Waals surface area contributed by atoms with Crippen LogP contribution in [-0.4, -0.2) is 31.6 Å². The van der Waals surface area contributed by atoms with Crippen LogP contribution < -0.4 is 4.90 Å². The molecule has 1 aromatic carbocycles. The Labute approximate surface area is 130 Å². The number of amides is 1. The van der Waals surface area contributed by atoms with Gasteiger partial charge in [-0.3, -0.25) is 9.78 Å². The summed E-state index contributed by atoms with van der Waals surface area (Å²) >= 11 is 0. The first-order valence-electron chi connectivity index (χ1n) is 7.04. The lowest BCUT2D eigenvalue weighted by molar-refractivity contribution is 0.0988. The summed E-state index contributed by atoms with van der Waals surface area (Å²) in [4.78, 5) is 18.4. The van der Waals surface area contributed by atoms with E-state index >= 15 is 0 Å². The summed E-state index contributed by atoms with van der Waals surface area (Å²) in [6, 6.07) is 9.58. The van der Waals surface area contributed by atoms with Gasteiger partial charge in [-0.25, -0.2) is 8.42 Å². The summed E-state index contributed by atoms with van der Waals surface area (Å²) in [6.45, 7) is 3.99. The van der Waals surface area contributed by atoms with Crippen LogP contribution in [0.5, 0.6) is 0 Å². The van der Waals surface area contributed by atoms with Gasteiger partial charge >= 0.3 is 0 Å². The molecule has 116 valence electrons. The lowest BCUT2D eigenvalue weighted by Gasteiger charge is -2.21. The Morgan fingerprint density at radius 2 is 1.64 bits per heavy atom. The van der Waals surface area contributed by atoms with E-state index in [1.165, 1.54) is 12.1 Å². The van der Waals surface area contributed by atoms with Gasteiger partial charge in [0.1, 0.15) is 0 Å². The van der Waals surface area contributed by atoms with Crippen molar-refractivity contribution in [3.63, 3.8) is 0 Å². The van der Waals surface area contributed by atoms with E-state index in [0.717, 1.165) is 5.69 Å². The summed E-state index contributed by atoms with van der Waals surface area (Å²) < 4.78 is 23.6. The van der Waals surface area contributed by atoms with E-state index in [4.69, 9.17) is 0 Å². The van der Waals surface area contributed by atoms with Crippen LogP contribution in [0.2, 0.25) is 0 Å². The maximum Gasteiger partial charge on any atom is 0.258 e. The molecule has 0 bridgehead atoms. The molecular weight excluding hydrogens is 300 g/mol.